The van der Waals surface area contributed by atoms with E-state index in [1.54, 1.807) is 24.3 Å². The molecule has 106 valence electrons. The Morgan fingerprint density at radius 1 is 1.35 bits per heavy atom. The minimum atomic E-state index is -1.03. The average Bonchev–Trinajstić information content (AvgIpc) is 2.46. The van der Waals surface area contributed by atoms with Crippen LogP contribution in [0.5, 0.6) is 5.75 Å². The zero-order valence-corrected chi connectivity index (χ0v) is 11.0. The van der Waals surface area contributed by atoms with Gasteiger partial charge in [-0.1, -0.05) is 18.2 Å². The lowest BCUT2D eigenvalue weighted by Crippen LogP contribution is -2.23. The van der Waals surface area contributed by atoms with Crippen molar-refractivity contribution in [1.82, 2.24) is 0 Å². The number of benzene rings is 1. The van der Waals surface area contributed by atoms with Crippen LogP contribution in [0.1, 0.15) is 19.3 Å². The number of carboxylic acid groups (broad SMARTS) is 1. The number of allylic oxidation sites excluding steroid dienone is 2. The van der Waals surface area contributed by atoms with E-state index in [1.807, 2.05) is 6.08 Å². The van der Waals surface area contributed by atoms with Crippen LogP contribution in [0.3, 0.4) is 0 Å². The Labute approximate surface area is 117 Å². The van der Waals surface area contributed by atoms with Crippen molar-refractivity contribution in [2.45, 2.75) is 19.3 Å². The van der Waals surface area contributed by atoms with Gasteiger partial charge >= 0.3 is 5.97 Å². The molecule has 0 aliphatic heterocycles. The number of aliphatic carboxylic acids is 1. The highest BCUT2D eigenvalue weighted by atomic mass is 16.5. The van der Waals surface area contributed by atoms with Crippen LogP contribution >= 0.6 is 0 Å². The van der Waals surface area contributed by atoms with E-state index in [0.717, 1.165) is 19.3 Å². The second-order valence-corrected chi connectivity index (χ2v) is 4.68. The monoisotopic (exact) mass is 275 g/mol. The summed E-state index contributed by atoms with van der Waals surface area (Å²) in [5.41, 5.74) is 0.618. The largest absolute Gasteiger partial charge is 0.482 e. The molecule has 1 aliphatic rings. The van der Waals surface area contributed by atoms with Crippen LogP contribution in [0, 0.1) is 5.92 Å². The van der Waals surface area contributed by atoms with Gasteiger partial charge in [-0.15, -0.1) is 0 Å². The van der Waals surface area contributed by atoms with Crippen LogP contribution in [0.25, 0.3) is 0 Å². The number of ether oxygens (including phenoxy) is 1. The lowest BCUT2D eigenvalue weighted by molar-refractivity contribution is -0.139. The van der Waals surface area contributed by atoms with E-state index in [-0.39, 0.29) is 11.8 Å². The first kappa shape index (κ1) is 14.1. The Kier molecular flexibility index (Phi) is 4.76. The van der Waals surface area contributed by atoms with Crippen molar-refractivity contribution in [3.63, 3.8) is 0 Å². The van der Waals surface area contributed by atoms with E-state index in [0.29, 0.717) is 11.4 Å². The topological polar surface area (TPSA) is 75.6 Å². The number of carboxylic acids is 1. The summed E-state index contributed by atoms with van der Waals surface area (Å²) < 4.78 is 5.07. The van der Waals surface area contributed by atoms with E-state index >= 15 is 0 Å². The first-order valence-electron chi connectivity index (χ1n) is 6.55. The van der Waals surface area contributed by atoms with Gasteiger partial charge in [0, 0.05) is 17.7 Å². The van der Waals surface area contributed by atoms with Gasteiger partial charge in [0.2, 0.25) is 5.91 Å². The maximum absolute atomic E-state index is 12.1. The molecule has 0 bridgehead atoms. The van der Waals surface area contributed by atoms with Crippen molar-refractivity contribution in [3.8, 4) is 5.75 Å². The highest BCUT2D eigenvalue weighted by Gasteiger charge is 2.18. The summed E-state index contributed by atoms with van der Waals surface area (Å²) in [6.07, 6.45) is 6.67. The first-order chi connectivity index (χ1) is 9.65. The smallest absolute Gasteiger partial charge is 0.341 e. The zero-order valence-electron chi connectivity index (χ0n) is 11.0. The second-order valence-electron chi connectivity index (χ2n) is 4.68. The molecule has 1 unspecified atom stereocenters. The van der Waals surface area contributed by atoms with Gasteiger partial charge in [-0.2, -0.15) is 0 Å². The minimum Gasteiger partial charge on any atom is -0.482 e. The van der Waals surface area contributed by atoms with Gasteiger partial charge in [0.25, 0.3) is 0 Å². The van der Waals surface area contributed by atoms with E-state index < -0.39 is 12.6 Å². The van der Waals surface area contributed by atoms with Gasteiger partial charge in [-0.05, 0) is 31.4 Å². The molecule has 1 atom stereocenters. The van der Waals surface area contributed by atoms with Gasteiger partial charge in [0.1, 0.15) is 5.75 Å². The molecule has 1 amide bonds. The fourth-order valence-corrected chi connectivity index (χ4v) is 2.08. The number of carbonyl (C=O) groups is 2. The first-order valence-corrected chi connectivity index (χ1v) is 6.55. The van der Waals surface area contributed by atoms with Gasteiger partial charge in [0.05, 0.1) is 0 Å². The number of nitrogens with one attached hydrogen (secondary N) is 1. The summed E-state index contributed by atoms with van der Waals surface area (Å²) in [4.78, 5) is 22.5. The van der Waals surface area contributed by atoms with E-state index in [2.05, 4.69) is 11.4 Å². The van der Waals surface area contributed by atoms with Gasteiger partial charge in [-0.25, -0.2) is 4.79 Å². The Hall–Kier alpha value is -2.30. The number of anilines is 1. The molecule has 1 aromatic carbocycles. The fraction of sp³-hybridized carbons (Fsp3) is 0.333. The predicted molar refractivity (Wildman–Crippen MR) is 74.7 cm³/mol. The fourth-order valence-electron chi connectivity index (χ4n) is 2.08. The molecule has 5 heteroatoms. The lowest BCUT2D eigenvalue weighted by Gasteiger charge is -2.17. The van der Waals surface area contributed by atoms with Crippen molar-refractivity contribution < 1.29 is 19.4 Å². The normalized spacial score (nSPS) is 17.5. The number of amides is 1. The van der Waals surface area contributed by atoms with Crippen molar-refractivity contribution in [1.29, 1.82) is 0 Å². The summed E-state index contributed by atoms with van der Waals surface area (Å²) in [7, 11) is 0. The van der Waals surface area contributed by atoms with E-state index in [4.69, 9.17) is 9.84 Å². The Balaban J connectivity index is 1.94. The summed E-state index contributed by atoms with van der Waals surface area (Å²) >= 11 is 0. The molecule has 0 radical (unpaired) electrons. The van der Waals surface area contributed by atoms with Crippen LogP contribution in [0.2, 0.25) is 0 Å². The minimum absolute atomic E-state index is 0.00333. The Morgan fingerprint density at radius 2 is 2.20 bits per heavy atom. The van der Waals surface area contributed by atoms with Crippen LogP contribution < -0.4 is 10.1 Å². The standard InChI is InChI=1S/C15H17NO4/c17-14(18)10-20-13-8-4-7-12(9-13)16-15(19)11-5-2-1-3-6-11/h1-2,4,7-9,11H,3,5-6,10H2,(H,16,19)(H,17,18). The number of hydrogen-bond donors (Lipinski definition) is 2. The molecule has 0 saturated heterocycles. The predicted octanol–water partition coefficient (Wildman–Crippen LogP) is 2.44. The molecule has 0 spiro atoms. The molecule has 0 heterocycles. The molecule has 0 saturated carbocycles. The number of carbonyl (C=O) groups excluding carboxylic acids is 1. The molecule has 20 heavy (non-hydrogen) atoms. The lowest BCUT2D eigenvalue weighted by atomic mass is 9.93. The average molecular weight is 275 g/mol. The molecule has 1 aromatic rings. The third kappa shape index (κ3) is 4.12. The van der Waals surface area contributed by atoms with Gasteiger partial charge < -0.3 is 15.2 Å². The SMILES string of the molecule is O=C(O)COc1cccc(NC(=O)C2CC=CCC2)c1. The highest BCUT2D eigenvalue weighted by molar-refractivity contribution is 5.92. The Morgan fingerprint density at radius 3 is 2.90 bits per heavy atom. The third-order valence-corrected chi connectivity index (χ3v) is 3.10. The zero-order chi connectivity index (χ0) is 14.4. The van der Waals surface area contributed by atoms with Crippen molar-refractivity contribution in [2.24, 2.45) is 5.92 Å². The molecule has 1 aliphatic carbocycles. The van der Waals surface area contributed by atoms with Crippen molar-refractivity contribution >= 4 is 17.6 Å². The molecular formula is C15H17NO4. The molecule has 2 rings (SSSR count). The van der Waals surface area contributed by atoms with Crippen molar-refractivity contribution in [2.75, 3.05) is 11.9 Å². The summed E-state index contributed by atoms with van der Waals surface area (Å²) in [6, 6.07) is 6.75. The van der Waals surface area contributed by atoms with Gasteiger partial charge in [-0.3, -0.25) is 4.79 Å². The quantitative estimate of drug-likeness (QED) is 0.809. The number of hydrogen-bond acceptors (Lipinski definition) is 3. The summed E-state index contributed by atoms with van der Waals surface area (Å²) in [5.74, 6) is -0.615. The maximum Gasteiger partial charge on any atom is 0.341 e. The maximum atomic E-state index is 12.1. The molecule has 0 fully saturated rings. The number of rotatable bonds is 5. The third-order valence-electron chi connectivity index (χ3n) is 3.10. The summed E-state index contributed by atoms with van der Waals surface area (Å²) in [6.45, 7) is -0.398. The van der Waals surface area contributed by atoms with Crippen molar-refractivity contribution in [3.05, 3.63) is 36.4 Å². The van der Waals surface area contributed by atoms with Crippen LogP contribution in [-0.2, 0) is 9.59 Å². The summed E-state index contributed by atoms with van der Waals surface area (Å²) in [5, 5.41) is 11.4. The highest BCUT2D eigenvalue weighted by Crippen LogP contribution is 2.22. The second kappa shape index (κ2) is 6.75. The van der Waals surface area contributed by atoms with Crippen LogP contribution in [-0.4, -0.2) is 23.6 Å². The van der Waals surface area contributed by atoms with E-state index in [1.165, 1.54) is 0 Å². The molecule has 5 nitrogen and oxygen atoms in total. The van der Waals surface area contributed by atoms with Gasteiger partial charge in [0.15, 0.2) is 6.61 Å². The molecule has 2 N–H and O–H groups in total. The van der Waals surface area contributed by atoms with E-state index in [9.17, 15) is 9.59 Å². The molecule has 0 aromatic heterocycles. The Bertz CT molecular complexity index is 524. The molecular weight excluding hydrogens is 258 g/mol. The van der Waals surface area contributed by atoms with Crippen LogP contribution in [0.4, 0.5) is 5.69 Å². The van der Waals surface area contributed by atoms with Crippen LogP contribution in [0.15, 0.2) is 36.4 Å².